The molecule has 54 heavy (non-hydrogen) atoms. The molecule has 0 radical (unpaired) electrons. The fourth-order valence-corrected chi connectivity index (χ4v) is 8.43. The molecule has 1 aliphatic carbocycles. The van der Waals surface area contributed by atoms with Crippen molar-refractivity contribution in [2.24, 2.45) is 18.9 Å². The highest BCUT2D eigenvalue weighted by molar-refractivity contribution is 6.39. The van der Waals surface area contributed by atoms with E-state index in [0.717, 1.165) is 68.6 Å². The SMILES string of the molecule is COc1nc(-c2ccnc(-c3cccc(NC(=O)c4nc5c(n4C)CCN(CC4CCC(C(=O)O)CC4)C5)c3Cl)c2Cl)ccc1CNC[C@H]1CCC(=O)N1. The van der Waals surface area contributed by atoms with Crippen LogP contribution in [0.1, 0.15) is 66.1 Å². The number of carbonyl (C=O) groups excluding carboxylic acids is 2. The van der Waals surface area contributed by atoms with E-state index < -0.39 is 5.97 Å². The monoisotopic (exact) mass is 774 g/mol. The lowest BCUT2D eigenvalue weighted by Gasteiger charge is -2.33. The number of anilines is 1. The Hall–Kier alpha value is -4.56. The van der Waals surface area contributed by atoms with E-state index in [9.17, 15) is 19.5 Å². The number of aliphatic carboxylic acids is 1. The minimum absolute atomic E-state index is 0.0824. The van der Waals surface area contributed by atoms with Crippen molar-refractivity contribution >= 4 is 46.7 Å². The predicted octanol–water partition coefficient (Wildman–Crippen LogP) is 5.73. The summed E-state index contributed by atoms with van der Waals surface area (Å²) in [7, 11) is 3.43. The first kappa shape index (κ1) is 37.7. The van der Waals surface area contributed by atoms with Gasteiger partial charge in [-0.1, -0.05) is 41.4 Å². The Morgan fingerprint density at radius 2 is 1.83 bits per heavy atom. The maximum atomic E-state index is 13.7. The summed E-state index contributed by atoms with van der Waals surface area (Å²) < 4.78 is 7.48. The number of rotatable bonds is 12. The van der Waals surface area contributed by atoms with E-state index in [2.05, 4.69) is 25.8 Å². The van der Waals surface area contributed by atoms with Crippen molar-refractivity contribution in [3.8, 4) is 28.4 Å². The van der Waals surface area contributed by atoms with Crippen molar-refractivity contribution in [2.75, 3.05) is 32.1 Å². The van der Waals surface area contributed by atoms with E-state index in [4.69, 9.17) is 37.9 Å². The largest absolute Gasteiger partial charge is 0.481 e. The third-order valence-electron chi connectivity index (χ3n) is 10.8. The maximum Gasteiger partial charge on any atom is 0.306 e. The number of halogens is 2. The molecule has 2 fully saturated rings. The molecule has 284 valence electrons. The van der Waals surface area contributed by atoms with Crippen molar-refractivity contribution in [1.29, 1.82) is 0 Å². The zero-order valence-electron chi connectivity index (χ0n) is 30.3. The molecule has 13 nitrogen and oxygen atoms in total. The van der Waals surface area contributed by atoms with Crippen LogP contribution in [0, 0.1) is 11.8 Å². The molecule has 2 amide bonds. The number of carboxylic acid groups (broad SMARTS) is 1. The van der Waals surface area contributed by atoms with Gasteiger partial charge in [0.1, 0.15) is 0 Å². The van der Waals surface area contributed by atoms with Crippen molar-refractivity contribution in [3.05, 3.63) is 75.4 Å². The van der Waals surface area contributed by atoms with Gasteiger partial charge in [0.15, 0.2) is 5.82 Å². The summed E-state index contributed by atoms with van der Waals surface area (Å²) in [5, 5.41) is 19.3. The number of nitrogens with zero attached hydrogens (tertiary/aromatic N) is 5. The first-order chi connectivity index (χ1) is 26.1. The van der Waals surface area contributed by atoms with Crippen LogP contribution in [-0.2, 0) is 36.1 Å². The predicted molar refractivity (Wildman–Crippen MR) is 206 cm³/mol. The van der Waals surface area contributed by atoms with E-state index in [-0.39, 0.29) is 28.8 Å². The highest BCUT2D eigenvalue weighted by atomic mass is 35.5. The number of fused-ring (bicyclic) bond motifs is 1. The topological polar surface area (TPSA) is 164 Å². The third-order valence-corrected chi connectivity index (χ3v) is 11.6. The van der Waals surface area contributed by atoms with E-state index >= 15 is 0 Å². The van der Waals surface area contributed by atoms with Gasteiger partial charge in [-0.25, -0.2) is 9.97 Å². The fraction of sp³-hybridized carbons (Fsp3) is 0.436. The number of imidazole rings is 1. The van der Waals surface area contributed by atoms with Crippen LogP contribution in [-0.4, -0.2) is 80.1 Å². The number of nitrogens with one attached hydrogen (secondary N) is 3. The van der Waals surface area contributed by atoms with Crippen molar-refractivity contribution in [2.45, 2.75) is 64.1 Å². The molecule has 1 atom stereocenters. The number of aromatic nitrogens is 4. The average molecular weight is 776 g/mol. The molecule has 3 aliphatic rings. The molecular weight excluding hydrogens is 731 g/mol. The molecule has 1 aromatic carbocycles. The van der Waals surface area contributed by atoms with Crippen LogP contribution in [0.5, 0.6) is 5.88 Å². The van der Waals surface area contributed by atoms with Crippen molar-refractivity contribution in [3.63, 3.8) is 0 Å². The minimum Gasteiger partial charge on any atom is -0.481 e. The van der Waals surface area contributed by atoms with E-state index in [1.54, 1.807) is 37.6 Å². The molecule has 3 aromatic heterocycles. The number of ether oxygens (including phenoxy) is 1. The van der Waals surface area contributed by atoms with Gasteiger partial charge in [-0.15, -0.1) is 0 Å². The van der Waals surface area contributed by atoms with Crippen LogP contribution in [0.4, 0.5) is 5.69 Å². The summed E-state index contributed by atoms with van der Waals surface area (Å²) in [5.74, 6) is 0.0169. The number of hydrogen-bond acceptors (Lipinski definition) is 9. The average Bonchev–Trinajstić information content (AvgIpc) is 3.74. The van der Waals surface area contributed by atoms with Gasteiger partial charge in [-0.3, -0.25) is 24.3 Å². The lowest BCUT2D eigenvalue weighted by atomic mass is 9.81. The van der Waals surface area contributed by atoms with E-state index in [0.29, 0.717) is 76.9 Å². The summed E-state index contributed by atoms with van der Waals surface area (Å²) in [4.78, 5) is 53.0. The summed E-state index contributed by atoms with van der Waals surface area (Å²) >= 11 is 14.0. The second-order valence-corrected chi connectivity index (χ2v) is 15.1. The Morgan fingerprint density at radius 1 is 1.02 bits per heavy atom. The molecule has 5 heterocycles. The molecule has 15 heteroatoms. The van der Waals surface area contributed by atoms with Gasteiger partial charge >= 0.3 is 5.97 Å². The second-order valence-electron chi connectivity index (χ2n) is 14.4. The van der Waals surface area contributed by atoms with Gasteiger partial charge in [0.05, 0.1) is 45.8 Å². The lowest BCUT2D eigenvalue weighted by Crippen LogP contribution is -2.36. The molecular formula is C39H44Cl2N8O5. The van der Waals surface area contributed by atoms with Gasteiger partial charge in [-0.2, -0.15) is 0 Å². The number of pyridine rings is 2. The maximum absolute atomic E-state index is 13.7. The molecule has 1 saturated carbocycles. The van der Waals surface area contributed by atoms with Gasteiger partial charge < -0.3 is 30.4 Å². The van der Waals surface area contributed by atoms with Crippen LogP contribution < -0.4 is 20.7 Å². The number of carbonyl (C=O) groups is 3. The van der Waals surface area contributed by atoms with Crippen LogP contribution in [0.15, 0.2) is 42.6 Å². The van der Waals surface area contributed by atoms with Crippen LogP contribution >= 0.6 is 23.2 Å². The Morgan fingerprint density at radius 3 is 2.57 bits per heavy atom. The fourth-order valence-electron chi connectivity index (χ4n) is 7.86. The first-order valence-electron chi connectivity index (χ1n) is 18.4. The lowest BCUT2D eigenvalue weighted by molar-refractivity contribution is -0.143. The van der Waals surface area contributed by atoms with Crippen LogP contribution in [0.3, 0.4) is 0 Å². The molecule has 0 bridgehead atoms. The third kappa shape index (κ3) is 8.09. The molecule has 1 saturated heterocycles. The van der Waals surface area contributed by atoms with Gasteiger partial charge in [0.25, 0.3) is 5.91 Å². The molecule has 7 rings (SSSR count). The van der Waals surface area contributed by atoms with E-state index in [1.165, 1.54) is 0 Å². The van der Waals surface area contributed by atoms with Crippen molar-refractivity contribution < 1.29 is 24.2 Å². The highest BCUT2D eigenvalue weighted by Crippen LogP contribution is 2.40. The Labute approximate surface area is 323 Å². The number of hydrogen-bond donors (Lipinski definition) is 4. The molecule has 2 aliphatic heterocycles. The number of methoxy groups -OCH3 is 1. The zero-order valence-corrected chi connectivity index (χ0v) is 31.8. The van der Waals surface area contributed by atoms with Crippen LogP contribution in [0.2, 0.25) is 10.0 Å². The zero-order chi connectivity index (χ0) is 37.9. The Balaban J connectivity index is 1.03. The second kappa shape index (κ2) is 16.4. The number of benzene rings is 1. The molecule has 4 N–H and O–H groups in total. The first-order valence-corrected chi connectivity index (χ1v) is 19.1. The number of carboxylic acids is 1. The number of amides is 2. The summed E-state index contributed by atoms with van der Waals surface area (Å²) in [6.07, 6.45) is 7.08. The quantitative estimate of drug-likeness (QED) is 0.140. The van der Waals surface area contributed by atoms with Gasteiger partial charge in [0.2, 0.25) is 11.8 Å². The van der Waals surface area contributed by atoms with E-state index in [1.807, 2.05) is 23.7 Å². The summed E-state index contributed by atoms with van der Waals surface area (Å²) in [6.45, 7) is 3.58. The van der Waals surface area contributed by atoms with Crippen molar-refractivity contribution in [1.82, 2.24) is 35.1 Å². The normalized spacial score (nSPS) is 20.0. The van der Waals surface area contributed by atoms with Gasteiger partial charge in [-0.05, 0) is 56.2 Å². The molecule has 4 aromatic rings. The smallest absolute Gasteiger partial charge is 0.306 e. The Bertz CT molecular complexity index is 2060. The highest BCUT2D eigenvalue weighted by Gasteiger charge is 2.30. The molecule has 0 unspecified atom stereocenters. The summed E-state index contributed by atoms with van der Waals surface area (Å²) in [5.41, 5.74) is 5.39. The summed E-state index contributed by atoms with van der Waals surface area (Å²) in [6, 6.07) is 11.0. The standard InChI is InChI=1S/C39H44Cl2N8O5/c1-48-31-15-17-49(20-22-6-8-23(9-7-22)39(52)53)21-30(31)45-36(48)37(51)46-29-5-3-4-27(33(29)40)35-34(41)26(14-16-43-35)28-12-10-24(38(47-28)54-2)18-42-19-25-11-13-32(50)44-25/h3-5,10,12,14,16,22-23,25,42H,6-9,11,13,15,17-21H2,1-2H3,(H,44,50)(H,46,51)(H,52,53)/t22?,23?,25-/m1/s1. The van der Waals surface area contributed by atoms with Gasteiger partial charge in [0, 0.05) is 87.2 Å². The van der Waals surface area contributed by atoms with Crippen LogP contribution in [0.25, 0.3) is 22.5 Å². The Kier molecular flexibility index (Phi) is 11.5. The molecule has 0 spiro atoms. The minimum atomic E-state index is -0.687.